The van der Waals surface area contributed by atoms with Crippen LogP contribution in [0.4, 0.5) is 5.69 Å². The lowest BCUT2D eigenvalue weighted by Gasteiger charge is -2.38. The number of aliphatic hydroxyl groups excluding tert-OH is 1. The lowest BCUT2D eigenvalue weighted by Crippen LogP contribution is -2.51. The van der Waals surface area contributed by atoms with Gasteiger partial charge < -0.3 is 19.5 Å². The monoisotopic (exact) mass is 420 g/mol. The summed E-state index contributed by atoms with van der Waals surface area (Å²) in [6.07, 6.45) is 0.0856. The van der Waals surface area contributed by atoms with Crippen LogP contribution in [0.3, 0.4) is 0 Å². The minimum absolute atomic E-state index is 0.0312. The van der Waals surface area contributed by atoms with E-state index in [1.54, 1.807) is 36.3 Å². The molecule has 3 rings (SSSR count). The smallest absolute Gasteiger partial charge is 0.249 e. The number of hydrogen-bond donors (Lipinski definition) is 2. The third-order valence-corrected chi connectivity index (χ3v) is 5.27. The Balaban J connectivity index is 1.77. The highest BCUT2D eigenvalue weighted by atomic mass is 32.2. The van der Waals surface area contributed by atoms with Crippen molar-refractivity contribution in [3.63, 3.8) is 0 Å². The van der Waals surface area contributed by atoms with Gasteiger partial charge in [-0.25, -0.2) is 8.42 Å². The fraction of sp³-hybridized carbons (Fsp3) is 0.350. The molecule has 2 atom stereocenters. The summed E-state index contributed by atoms with van der Waals surface area (Å²) in [5.41, 5.74) is 1.87. The first kappa shape index (κ1) is 21.1. The van der Waals surface area contributed by atoms with E-state index in [1.165, 1.54) is 0 Å². The van der Waals surface area contributed by atoms with Crippen molar-refractivity contribution in [2.75, 3.05) is 31.3 Å². The van der Waals surface area contributed by atoms with Crippen LogP contribution in [0.2, 0.25) is 0 Å². The first-order chi connectivity index (χ1) is 13.8. The molecule has 0 radical (unpaired) electrons. The maximum atomic E-state index is 12.5. The van der Waals surface area contributed by atoms with Gasteiger partial charge in [0.2, 0.25) is 15.9 Å². The Morgan fingerprint density at radius 2 is 1.86 bits per heavy atom. The van der Waals surface area contributed by atoms with E-state index in [2.05, 4.69) is 4.72 Å². The second kappa shape index (κ2) is 8.81. The van der Waals surface area contributed by atoms with Gasteiger partial charge in [-0.15, -0.1) is 0 Å². The molecule has 2 aromatic rings. The van der Waals surface area contributed by atoms with Crippen LogP contribution in [-0.2, 0) is 26.1 Å². The number of nitrogens with one attached hydrogen (secondary N) is 1. The van der Waals surface area contributed by atoms with Crippen LogP contribution >= 0.6 is 0 Å². The number of nitrogens with zero attached hydrogens (tertiary/aromatic N) is 1. The molecular formula is C20H24N2O6S. The van der Waals surface area contributed by atoms with Gasteiger partial charge in [0.25, 0.3) is 0 Å². The molecule has 0 spiro atoms. The molecular weight excluding hydrogens is 396 g/mol. The lowest BCUT2D eigenvalue weighted by atomic mass is 9.99. The quantitative estimate of drug-likeness (QED) is 0.704. The largest absolute Gasteiger partial charge is 0.497 e. The van der Waals surface area contributed by atoms with Crippen LogP contribution in [0.5, 0.6) is 5.75 Å². The van der Waals surface area contributed by atoms with Crippen molar-refractivity contribution in [3.8, 4) is 5.75 Å². The predicted molar refractivity (Wildman–Crippen MR) is 108 cm³/mol. The topological polar surface area (TPSA) is 105 Å². The second-order valence-electron chi connectivity index (χ2n) is 6.89. The van der Waals surface area contributed by atoms with Gasteiger partial charge in [0.15, 0.2) is 0 Å². The number of anilines is 1. The minimum Gasteiger partial charge on any atom is -0.497 e. The molecule has 0 aliphatic carbocycles. The number of carbonyl (C=O) groups is 1. The molecule has 2 N–H and O–H groups in total. The Labute approximate surface area is 170 Å². The summed E-state index contributed by atoms with van der Waals surface area (Å²) in [5, 5.41) is 10.9. The molecule has 1 fully saturated rings. The second-order valence-corrected chi connectivity index (χ2v) is 8.64. The number of carbonyl (C=O) groups excluding carboxylic acids is 1. The van der Waals surface area contributed by atoms with E-state index in [1.807, 2.05) is 24.3 Å². The van der Waals surface area contributed by atoms with Crippen LogP contribution in [0.15, 0.2) is 48.5 Å². The maximum absolute atomic E-state index is 12.5. The summed E-state index contributed by atoms with van der Waals surface area (Å²) < 4.78 is 35.6. The number of amides is 1. The molecule has 1 saturated heterocycles. The Bertz CT molecular complexity index is 944. The van der Waals surface area contributed by atoms with E-state index in [0.29, 0.717) is 17.8 Å². The van der Waals surface area contributed by atoms with Crippen molar-refractivity contribution >= 4 is 21.6 Å². The molecule has 29 heavy (non-hydrogen) atoms. The molecule has 2 aromatic carbocycles. The summed E-state index contributed by atoms with van der Waals surface area (Å²) in [5.74, 6) is 0.521. The van der Waals surface area contributed by atoms with E-state index in [0.717, 1.165) is 17.6 Å². The number of aliphatic hydroxyl groups is 1. The highest BCUT2D eigenvalue weighted by Gasteiger charge is 2.34. The van der Waals surface area contributed by atoms with Gasteiger partial charge in [-0.1, -0.05) is 24.3 Å². The van der Waals surface area contributed by atoms with Gasteiger partial charge in [0.1, 0.15) is 18.5 Å². The molecule has 8 nitrogen and oxygen atoms in total. The summed E-state index contributed by atoms with van der Waals surface area (Å²) in [4.78, 5) is 14.1. The van der Waals surface area contributed by atoms with E-state index in [4.69, 9.17) is 9.47 Å². The Morgan fingerprint density at radius 1 is 1.21 bits per heavy atom. The third-order valence-electron chi connectivity index (χ3n) is 4.67. The van der Waals surface area contributed by atoms with Crippen LogP contribution < -0.4 is 9.46 Å². The van der Waals surface area contributed by atoms with Crippen molar-refractivity contribution in [1.29, 1.82) is 0 Å². The van der Waals surface area contributed by atoms with Crippen LogP contribution in [-0.4, -0.2) is 57.0 Å². The summed E-state index contributed by atoms with van der Waals surface area (Å²) >= 11 is 0. The van der Waals surface area contributed by atoms with Gasteiger partial charge in [0, 0.05) is 12.2 Å². The fourth-order valence-electron chi connectivity index (χ4n) is 3.20. The zero-order chi connectivity index (χ0) is 21.0. The van der Waals surface area contributed by atoms with E-state index in [-0.39, 0.29) is 19.1 Å². The van der Waals surface area contributed by atoms with Crippen molar-refractivity contribution in [2.45, 2.75) is 18.7 Å². The average molecular weight is 420 g/mol. The van der Waals surface area contributed by atoms with E-state index < -0.39 is 22.2 Å². The van der Waals surface area contributed by atoms with Crippen molar-refractivity contribution < 1.29 is 27.8 Å². The summed E-state index contributed by atoms with van der Waals surface area (Å²) in [6.45, 7) is 0.505. The normalized spacial score (nSPS) is 18.4. The van der Waals surface area contributed by atoms with E-state index >= 15 is 0 Å². The average Bonchev–Trinajstić information content (AvgIpc) is 2.69. The molecule has 0 bridgehead atoms. The molecule has 1 amide bonds. The maximum Gasteiger partial charge on any atom is 0.249 e. The van der Waals surface area contributed by atoms with Gasteiger partial charge in [-0.2, -0.15) is 0 Å². The number of methoxy groups -OCH3 is 1. The number of morpholine rings is 1. The third kappa shape index (κ3) is 5.47. The van der Waals surface area contributed by atoms with Crippen molar-refractivity contribution in [1.82, 2.24) is 4.90 Å². The summed E-state index contributed by atoms with van der Waals surface area (Å²) in [7, 11) is -1.79. The first-order valence-electron chi connectivity index (χ1n) is 9.03. The Morgan fingerprint density at radius 3 is 2.45 bits per heavy atom. The standard InChI is InChI=1S/C20H24N2O6S/c1-27-17-9-3-14(4-10-17)11-22-18(12-28-13-19(22)23)20(24)15-5-7-16(8-6-15)21-29(2,25)26/h3-10,18,20-21,24H,11-13H2,1-2H3/t18-,20-/m1/s1. The minimum atomic E-state index is -3.38. The first-order valence-corrected chi connectivity index (χ1v) is 10.9. The predicted octanol–water partition coefficient (Wildman–Crippen LogP) is 1.53. The zero-order valence-corrected chi connectivity index (χ0v) is 17.1. The number of benzene rings is 2. The van der Waals surface area contributed by atoms with Crippen LogP contribution in [0.25, 0.3) is 0 Å². The molecule has 0 saturated carbocycles. The number of ether oxygens (including phenoxy) is 2. The molecule has 9 heteroatoms. The highest BCUT2D eigenvalue weighted by Crippen LogP contribution is 2.27. The van der Waals surface area contributed by atoms with Crippen molar-refractivity contribution in [3.05, 3.63) is 59.7 Å². The highest BCUT2D eigenvalue weighted by molar-refractivity contribution is 7.92. The Hall–Kier alpha value is -2.62. The molecule has 1 aliphatic rings. The lowest BCUT2D eigenvalue weighted by molar-refractivity contribution is -0.155. The van der Waals surface area contributed by atoms with Crippen molar-refractivity contribution in [2.24, 2.45) is 0 Å². The number of hydrogen-bond acceptors (Lipinski definition) is 6. The fourth-order valence-corrected chi connectivity index (χ4v) is 3.77. The summed E-state index contributed by atoms with van der Waals surface area (Å²) in [6, 6.07) is 13.2. The number of rotatable bonds is 7. The Kier molecular flexibility index (Phi) is 6.41. The van der Waals surface area contributed by atoms with Gasteiger partial charge in [0.05, 0.1) is 26.0 Å². The SMILES string of the molecule is COc1ccc(CN2C(=O)COC[C@@H]2[C@H](O)c2ccc(NS(C)(=O)=O)cc2)cc1. The van der Waals surface area contributed by atoms with Crippen LogP contribution in [0, 0.1) is 0 Å². The van der Waals surface area contributed by atoms with Gasteiger partial charge in [-0.3, -0.25) is 9.52 Å². The van der Waals surface area contributed by atoms with Crippen LogP contribution in [0.1, 0.15) is 17.2 Å². The van der Waals surface area contributed by atoms with Gasteiger partial charge in [-0.05, 0) is 35.4 Å². The van der Waals surface area contributed by atoms with Gasteiger partial charge >= 0.3 is 0 Å². The molecule has 156 valence electrons. The molecule has 1 heterocycles. The molecule has 0 unspecified atom stereocenters. The molecule has 0 aromatic heterocycles. The van der Waals surface area contributed by atoms with E-state index in [9.17, 15) is 18.3 Å². The number of sulfonamides is 1. The molecule has 1 aliphatic heterocycles. The zero-order valence-electron chi connectivity index (χ0n) is 16.2.